The summed E-state index contributed by atoms with van der Waals surface area (Å²) in [5.41, 5.74) is 1.91. The maximum absolute atomic E-state index is 12.3. The third-order valence-electron chi connectivity index (χ3n) is 2.66. The van der Waals surface area contributed by atoms with Crippen LogP contribution in [0.1, 0.15) is 26.9 Å². The van der Waals surface area contributed by atoms with Gasteiger partial charge in [-0.1, -0.05) is 30.3 Å². The Bertz CT molecular complexity index is 502. The van der Waals surface area contributed by atoms with Gasteiger partial charge < -0.3 is 4.74 Å². The first-order valence-corrected chi connectivity index (χ1v) is 6.28. The van der Waals surface area contributed by atoms with Crippen LogP contribution in [0.2, 0.25) is 0 Å². The van der Waals surface area contributed by atoms with Crippen LogP contribution in [0.15, 0.2) is 41.8 Å². The maximum Gasteiger partial charge on any atom is 0.206 e. The Morgan fingerprint density at radius 2 is 1.94 bits per heavy atom. The average molecular weight is 246 g/mol. The Hall–Kier alpha value is -1.45. The van der Waals surface area contributed by atoms with Crippen molar-refractivity contribution in [2.24, 2.45) is 0 Å². The molecule has 88 valence electrons. The average Bonchev–Trinajstić information content (AvgIpc) is 2.77. The SMILES string of the molecule is COC(C(=O)c1sccc1C)c1ccccc1. The molecule has 3 heteroatoms. The van der Waals surface area contributed by atoms with E-state index in [-0.39, 0.29) is 5.78 Å². The van der Waals surface area contributed by atoms with Crippen molar-refractivity contribution in [3.8, 4) is 0 Å². The largest absolute Gasteiger partial charge is 0.368 e. The third kappa shape index (κ3) is 2.46. The monoisotopic (exact) mass is 246 g/mol. The number of hydrogen-bond donors (Lipinski definition) is 0. The molecule has 17 heavy (non-hydrogen) atoms. The minimum Gasteiger partial charge on any atom is -0.368 e. The van der Waals surface area contributed by atoms with Gasteiger partial charge in [0.05, 0.1) is 4.88 Å². The molecule has 1 unspecified atom stereocenters. The first-order valence-electron chi connectivity index (χ1n) is 5.40. The van der Waals surface area contributed by atoms with E-state index in [2.05, 4.69) is 0 Å². The van der Waals surface area contributed by atoms with Crippen molar-refractivity contribution < 1.29 is 9.53 Å². The van der Waals surface area contributed by atoms with Crippen LogP contribution in [0.3, 0.4) is 0 Å². The molecule has 0 saturated heterocycles. The quantitative estimate of drug-likeness (QED) is 0.770. The number of hydrogen-bond acceptors (Lipinski definition) is 3. The van der Waals surface area contributed by atoms with Crippen LogP contribution < -0.4 is 0 Å². The van der Waals surface area contributed by atoms with E-state index in [0.717, 1.165) is 16.0 Å². The van der Waals surface area contributed by atoms with Gasteiger partial charge in [0.2, 0.25) is 5.78 Å². The Balaban J connectivity index is 2.32. The molecule has 2 nitrogen and oxygen atoms in total. The van der Waals surface area contributed by atoms with E-state index < -0.39 is 6.10 Å². The molecule has 2 aromatic rings. The number of aryl methyl sites for hydroxylation is 1. The number of Topliss-reactive ketones (excluding diaryl/α,β-unsaturated/α-hetero) is 1. The molecule has 0 radical (unpaired) electrons. The van der Waals surface area contributed by atoms with Crippen molar-refractivity contribution in [1.29, 1.82) is 0 Å². The highest BCUT2D eigenvalue weighted by atomic mass is 32.1. The van der Waals surface area contributed by atoms with Crippen molar-refractivity contribution in [3.63, 3.8) is 0 Å². The predicted molar refractivity (Wildman–Crippen MR) is 69.6 cm³/mol. The van der Waals surface area contributed by atoms with E-state index >= 15 is 0 Å². The van der Waals surface area contributed by atoms with Crippen molar-refractivity contribution in [2.75, 3.05) is 7.11 Å². The highest BCUT2D eigenvalue weighted by Crippen LogP contribution is 2.26. The van der Waals surface area contributed by atoms with Crippen molar-refractivity contribution >= 4 is 17.1 Å². The zero-order valence-corrected chi connectivity index (χ0v) is 10.7. The molecule has 0 bridgehead atoms. The minimum absolute atomic E-state index is 0.0335. The van der Waals surface area contributed by atoms with Gasteiger partial charge in [-0.05, 0) is 29.5 Å². The molecule has 1 heterocycles. The fraction of sp³-hybridized carbons (Fsp3) is 0.214. The lowest BCUT2D eigenvalue weighted by molar-refractivity contribution is 0.0608. The summed E-state index contributed by atoms with van der Waals surface area (Å²) >= 11 is 1.47. The molecule has 0 spiro atoms. The second-order valence-electron chi connectivity index (χ2n) is 3.82. The molecule has 2 rings (SSSR count). The van der Waals surface area contributed by atoms with Crippen molar-refractivity contribution in [2.45, 2.75) is 13.0 Å². The number of methoxy groups -OCH3 is 1. The number of ether oxygens (including phenoxy) is 1. The Morgan fingerprint density at radius 3 is 2.47 bits per heavy atom. The van der Waals surface area contributed by atoms with Gasteiger partial charge in [0.1, 0.15) is 6.10 Å². The standard InChI is InChI=1S/C14H14O2S/c1-10-8-9-17-14(10)12(15)13(16-2)11-6-4-3-5-7-11/h3-9,13H,1-2H3. The van der Waals surface area contributed by atoms with Gasteiger partial charge in [-0.3, -0.25) is 4.79 Å². The first kappa shape index (κ1) is 12.0. The van der Waals surface area contributed by atoms with E-state index in [9.17, 15) is 4.79 Å². The maximum atomic E-state index is 12.3. The number of ketones is 1. The summed E-state index contributed by atoms with van der Waals surface area (Å²) in [7, 11) is 1.57. The lowest BCUT2D eigenvalue weighted by Crippen LogP contribution is -2.14. The van der Waals surface area contributed by atoms with Crippen LogP contribution in [0.4, 0.5) is 0 Å². The lowest BCUT2D eigenvalue weighted by Gasteiger charge is -2.14. The molecular formula is C14H14O2S. The fourth-order valence-electron chi connectivity index (χ4n) is 1.77. The Morgan fingerprint density at radius 1 is 1.24 bits per heavy atom. The molecule has 1 atom stereocenters. The summed E-state index contributed by atoms with van der Waals surface area (Å²) in [5, 5.41) is 1.93. The van der Waals surface area contributed by atoms with Crippen LogP contribution in [-0.4, -0.2) is 12.9 Å². The van der Waals surface area contributed by atoms with Gasteiger partial charge in [-0.25, -0.2) is 0 Å². The second kappa shape index (κ2) is 5.25. The smallest absolute Gasteiger partial charge is 0.206 e. The van der Waals surface area contributed by atoms with E-state index in [1.807, 2.05) is 48.7 Å². The van der Waals surface area contributed by atoms with Crippen LogP contribution in [0, 0.1) is 6.92 Å². The van der Waals surface area contributed by atoms with Gasteiger partial charge in [0.25, 0.3) is 0 Å². The number of benzene rings is 1. The number of rotatable bonds is 4. The van der Waals surface area contributed by atoms with Crippen LogP contribution in [-0.2, 0) is 4.74 Å². The highest BCUT2D eigenvalue weighted by molar-refractivity contribution is 7.12. The summed E-state index contributed by atoms with van der Waals surface area (Å²) in [6.45, 7) is 1.95. The summed E-state index contributed by atoms with van der Waals surface area (Å²) < 4.78 is 5.33. The molecule has 0 fully saturated rings. The first-order chi connectivity index (χ1) is 8.24. The van der Waals surface area contributed by atoms with Crippen LogP contribution in [0.5, 0.6) is 0 Å². The molecule has 0 amide bonds. The normalized spacial score (nSPS) is 12.4. The Kier molecular flexibility index (Phi) is 3.71. The second-order valence-corrected chi connectivity index (χ2v) is 4.74. The molecular weight excluding hydrogens is 232 g/mol. The summed E-state index contributed by atoms with van der Waals surface area (Å²) in [6.07, 6.45) is -0.506. The number of carbonyl (C=O) groups excluding carboxylic acids is 1. The highest BCUT2D eigenvalue weighted by Gasteiger charge is 2.23. The zero-order valence-electron chi connectivity index (χ0n) is 9.84. The topological polar surface area (TPSA) is 26.3 Å². The summed E-state index contributed by atoms with van der Waals surface area (Å²) in [6, 6.07) is 11.5. The van der Waals surface area contributed by atoms with E-state index in [4.69, 9.17) is 4.74 Å². The molecule has 0 aliphatic rings. The van der Waals surface area contributed by atoms with Gasteiger partial charge in [0, 0.05) is 7.11 Å². The van der Waals surface area contributed by atoms with Crippen LogP contribution in [0.25, 0.3) is 0 Å². The molecule has 1 aromatic carbocycles. The number of carbonyl (C=O) groups is 1. The van der Waals surface area contributed by atoms with Gasteiger partial charge >= 0.3 is 0 Å². The van der Waals surface area contributed by atoms with Crippen molar-refractivity contribution in [1.82, 2.24) is 0 Å². The fourth-order valence-corrected chi connectivity index (χ4v) is 2.65. The van der Waals surface area contributed by atoms with E-state index in [1.54, 1.807) is 7.11 Å². The van der Waals surface area contributed by atoms with E-state index in [1.165, 1.54) is 11.3 Å². The van der Waals surface area contributed by atoms with Crippen molar-refractivity contribution in [3.05, 3.63) is 57.8 Å². The zero-order chi connectivity index (χ0) is 12.3. The Labute approximate surface area is 105 Å². The van der Waals surface area contributed by atoms with Crippen LogP contribution >= 0.6 is 11.3 Å². The molecule has 0 saturated carbocycles. The number of thiophene rings is 1. The molecule has 0 aliphatic heterocycles. The molecule has 0 aliphatic carbocycles. The third-order valence-corrected chi connectivity index (χ3v) is 3.69. The summed E-state index contributed by atoms with van der Waals surface area (Å²) in [4.78, 5) is 13.1. The lowest BCUT2D eigenvalue weighted by atomic mass is 10.0. The molecule has 1 aromatic heterocycles. The summed E-state index contributed by atoms with van der Waals surface area (Å²) in [5.74, 6) is 0.0335. The van der Waals surface area contributed by atoms with Gasteiger partial charge in [-0.2, -0.15) is 0 Å². The van der Waals surface area contributed by atoms with Gasteiger partial charge in [0.15, 0.2) is 0 Å². The van der Waals surface area contributed by atoms with Gasteiger partial charge in [-0.15, -0.1) is 11.3 Å². The predicted octanol–water partition coefficient (Wildman–Crippen LogP) is 3.63. The van der Waals surface area contributed by atoms with E-state index in [0.29, 0.717) is 0 Å². The minimum atomic E-state index is -0.506. The molecule has 0 N–H and O–H groups in total.